The normalized spacial score (nSPS) is 26.6. The highest BCUT2D eigenvalue weighted by Crippen LogP contribution is 2.45. The van der Waals surface area contributed by atoms with Gasteiger partial charge in [-0.1, -0.05) is 19.1 Å². The maximum Gasteiger partial charge on any atom is 0.231 e. The second kappa shape index (κ2) is 4.73. The number of nitrogens with two attached hydrogens (primary N) is 1. The third kappa shape index (κ3) is 2.27. The third-order valence-corrected chi connectivity index (χ3v) is 3.99. The summed E-state index contributed by atoms with van der Waals surface area (Å²) in [6.07, 6.45) is 1.81. The van der Waals surface area contributed by atoms with Gasteiger partial charge in [0.25, 0.3) is 0 Å². The summed E-state index contributed by atoms with van der Waals surface area (Å²) >= 11 is 0. The summed E-state index contributed by atoms with van der Waals surface area (Å²) < 4.78 is 0. The van der Waals surface area contributed by atoms with Gasteiger partial charge in [0, 0.05) is 12.2 Å². The first-order chi connectivity index (χ1) is 8.47. The molecule has 1 aromatic rings. The van der Waals surface area contributed by atoms with E-state index in [-0.39, 0.29) is 11.3 Å². The van der Waals surface area contributed by atoms with Crippen LogP contribution >= 0.6 is 0 Å². The van der Waals surface area contributed by atoms with Crippen LogP contribution in [0.5, 0.6) is 0 Å². The summed E-state index contributed by atoms with van der Waals surface area (Å²) in [6, 6.07) is 6.10. The van der Waals surface area contributed by atoms with Gasteiger partial charge in [-0.05, 0) is 49.8 Å². The predicted octanol–water partition coefficient (Wildman–Crippen LogP) is 2.62. The van der Waals surface area contributed by atoms with Crippen molar-refractivity contribution in [1.82, 2.24) is 0 Å². The Balaban J connectivity index is 2.14. The predicted molar refractivity (Wildman–Crippen MR) is 74.4 cm³/mol. The van der Waals surface area contributed by atoms with Gasteiger partial charge < -0.3 is 11.1 Å². The Kier molecular flexibility index (Phi) is 3.44. The Hall–Kier alpha value is -1.35. The molecule has 3 heteroatoms. The minimum absolute atomic E-state index is 0.0804. The van der Waals surface area contributed by atoms with E-state index in [1.165, 1.54) is 0 Å². The molecule has 1 aliphatic carbocycles. The minimum atomic E-state index is -0.338. The molecule has 0 aliphatic heterocycles. The number of carbonyl (C=O) groups is 1. The van der Waals surface area contributed by atoms with Crippen LogP contribution in [0.2, 0.25) is 0 Å². The van der Waals surface area contributed by atoms with E-state index in [0.29, 0.717) is 12.5 Å². The number of carbonyl (C=O) groups excluding carboxylic acids is 1. The number of benzene rings is 1. The standard InChI is InChI=1S/C15H22N2O/c1-10-4-5-12(3)13(6-10)17-14(18)15(9-16)7-11(2)8-15/h4-6,11H,7-9,16H2,1-3H3,(H,17,18). The SMILES string of the molecule is Cc1ccc(C)c(NC(=O)C2(CN)CC(C)C2)c1. The molecule has 98 valence electrons. The molecule has 3 N–H and O–H groups in total. The van der Waals surface area contributed by atoms with Gasteiger partial charge in [0.1, 0.15) is 0 Å². The summed E-state index contributed by atoms with van der Waals surface area (Å²) in [6.45, 7) is 6.64. The van der Waals surface area contributed by atoms with Gasteiger partial charge >= 0.3 is 0 Å². The van der Waals surface area contributed by atoms with E-state index in [1.807, 2.05) is 26.0 Å². The molecule has 1 aliphatic rings. The number of aryl methyl sites for hydroxylation is 2. The molecule has 0 aromatic heterocycles. The first-order valence-electron chi connectivity index (χ1n) is 6.55. The smallest absolute Gasteiger partial charge is 0.231 e. The number of hydrogen-bond acceptors (Lipinski definition) is 2. The van der Waals surface area contributed by atoms with Crippen LogP contribution < -0.4 is 11.1 Å². The lowest BCUT2D eigenvalue weighted by atomic mass is 9.62. The first-order valence-corrected chi connectivity index (χ1v) is 6.55. The fourth-order valence-corrected chi connectivity index (χ4v) is 2.84. The summed E-state index contributed by atoms with van der Waals surface area (Å²) in [7, 11) is 0. The highest BCUT2D eigenvalue weighted by Gasteiger charge is 2.47. The number of anilines is 1. The van der Waals surface area contributed by atoms with Crippen molar-refractivity contribution < 1.29 is 4.79 Å². The van der Waals surface area contributed by atoms with E-state index in [0.717, 1.165) is 29.7 Å². The Morgan fingerprint density at radius 2 is 2.11 bits per heavy atom. The van der Waals surface area contributed by atoms with Crippen LogP contribution in [0, 0.1) is 25.2 Å². The van der Waals surface area contributed by atoms with Crippen molar-refractivity contribution in [2.24, 2.45) is 17.1 Å². The van der Waals surface area contributed by atoms with Crippen LogP contribution in [0.1, 0.15) is 30.9 Å². The van der Waals surface area contributed by atoms with Crippen molar-refractivity contribution in [1.29, 1.82) is 0 Å². The molecule has 0 heterocycles. The molecular formula is C15H22N2O. The van der Waals surface area contributed by atoms with Gasteiger partial charge in [-0.3, -0.25) is 4.79 Å². The zero-order chi connectivity index (χ0) is 13.3. The monoisotopic (exact) mass is 246 g/mol. The van der Waals surface area contributed by atoms with Gasteiger partial charge in [-0.15, -0.1) is 0 Å². The van der Waals surface area contributed by atoms with Crippen molar-refractivity contribution in [2.45, 2.75) is 33.6 Å². The molecule has 1 aromatic carbocycles. The third-order valence-electron chi connectivity index (χ3n) is 3.99. The van der Waals surface area contributed by atoms with Crippen LogP contribution in [0.4, 0.5) is 5.69 Å². The van der Waals surface area contributed by atoms with E-state index in [1.54, 1.807) is 0 Å². The van der Waals surface area contributed by atoms with Crippen LogP contribution in [-0.2, 0) is 4.79 Å². The quantitative estimate of drug-likeness (QED) is 0.861. The van der Waals surface area contributed by atoms with Crippen LogP contribution in [0.3, 0.4) is 0 Å². The molecule has 0 bridgehead atoms. The van der Waals surface area contributed by atoms with Gasteiger partial charge in [-0.25, -0.2) is 0 Å². The van der Waals surface area contributed by atoms with Gasteiger partial charge in [0.05, 0.1) is 5.41 Å². The van der Waals surface area contributed by atoms with Gasteiger partial charge in [-0.2, -0.15) is 0 Å². The number of rotatable bonds is 3. The zero-order valence-electron chi connectivity index (χ0n) is 11.4. The molecule has 0 saturated heterocycles. The maximum absolute atomic E-state index is 12.4. The van der Waals surface area contributed by atoms with Crippen molar-refractivity contribution in [3.8, 4) is 0 Å². The Bertz CT molecular complexity index is 462. The average molecular weight is 246 g/mol. The second-order valence-electron chi connectivity index (χ2n) is 5.77. The summed E-state index contributed by atoms with van der Waals surface area (Å²) in [4.78, 5) is 12.4. The Labute approximate surface area is 109 Å². The van der Waals surface area contributed by atoms with Crippen molar-refractivity contribution in [3.05, 3.63) is 29.3 Å². The maximum atomic E-state index is 12.4. The van der Waals surface area contributed by atoms with Crippen LogP contribution in [0.15, 0.2) is 18.2 Å². The largest absolute Gasteiger partial charge is 0.329 e. The molecule has 0 spiro atoms. The Morgan fingerprint density at radius 1 is 1.44 bits per heavy atom. The summed E-state index contributed by atoms with van der Waals surface area (Å²) in [5.74, 6) is 0.690. The lowest BCUT2D eigenvalue weighted by Gasteiger charge is -2.44. The lowest BCUT2D eigenvalue weighted by Crippen LogP contribution is -2.51. The van der Waals surface area contributed by atoms with Crippen molar-refractivity contribution >= 4 is 11.6 Å². The fourth-order valence-electron chi connectivity index (χ4n) is 2.84. The number of hydrogen-bond donors (Lipinski definition) is 2. The van der Waals surface area contributed by atoms with E-state index < -0.39 is 0 Å². The second-order valence-corrected chi connectivity index (χ2v) is 5.77. The highest BCUT2D eigenvalue weighted by molar-refractivity contribution is 5.96. The molecule has 2 rings (SSSR count). The number of amides is 1. The van der Waals surface area contributed by atoms with E-state index in [4.69, 9.17) is 5.73 Å². The molecule has 0 radical (unpaired) electrons. The van der Waals surface area contributed by atoms with Crippen molar-refractivity contribution in [3.63, 3.8) is 0 Å². The first kappa shape index (κ1) is 13.1. The molecule has 1 fully saturated rings. The highest BCUT2D eigenvalue weighted by atomic mass is 16.2. The fraction of sp³-hybridized carbons (Fsp3) is 0.533. The molecular weight excluding hydrogens is 224 g/mol. The van der Waals surface area contributed by atoms with Crippen LogP contribution in [-0.4, -0.2) is 12.5 Å². The van der Waals surface area contributed by atoms with E-state index in [9.17, 15) is 4.79 Å². The van der Waals surface area contributed by atoms with Crippen LogP contribution in [0.25, 0.3) is 0 Å². The van der Waals surface area contributed by atoms with E-state index >= 15 is 0 Å². The Morgan fingerprint density at radius 3 is 2.67 bits per heavy atom. The number of nitrogens with one attached hydrogen (secondary N) is 1. The lowest BCUT2D eigenvalue weighted by molar-refractivity contribution is -0.132. The minimum Gasteiger partial charge on any atom is -0.329 e. The molecule has 0 unspecified atom stereocenters. The molecule has 1 amide bonds. The summed E-state index contributed by atoms with van der Waals surface area (Å²) in [5, 5.41) is 3.05. The summed E-state index contributed by atoms with van der Waals surface area (Å²) in [5.41, 5.74) is 8.61. The zero-order valence-corrected chi connectivity index (χ0v) is 11.4. The average Bonchev–Trinajstić information content (AvgIpc) is 2.29. The van der Waals surface area contributed by atoms with Gasteiger partial charge in [0.2, 0.25) is 5.91 Å². The van der Waals surface area contributed by atoms with Crippen molar-refractivity contribution in [2.75, 3.05) is 11.9 Å². The molecule has 18 heavy (non-hydrogen) atoms. The van der Waals surface area contributed by atoms with Gasteiger partial charge in [0.15, 0.2) is 0 Å². The molecule has 0 atom stereocenters. The molecule has 1 saturated carbocycles. The topological polar surface area (TPSA) is 55.1 Å². The van der Waals surface area contributed by atoms with E-state index in [2.05, 4.69) is 18.3 Å². The molecule has 3 nitrogen and oxygen atoms in total.